The van der Waals surface area contributed by atoms with E-state index in [0.717, 1.165) is 12.8 Å². The normalized spacial score (nSPS) is 17.4. The van der Waals surface area contributed by atoms with Gasteiger partial charge in [-0.05, 0) is 19.8 Å². The lowest BCUT2D eigenvalue weighted by Gasteiger charge is -2.26. The van der Waals surface area contributed by atoms with Gasteiger partial charge < -0.3 is 14.7 Å². The second-order valence-electron chi connectivity index (χ2n) is 4.92. The molecule has 0 saturated heterocycles. The van der Waals surface area contributed by atoms with Crippen molar-refractivity contribution in [3.8, 4) is 0 Å². The Labute approximate surface area is 112 Å². The van der Waals surface area contributed by atoms with E-state index >= 15 is 0 Å². The molecule has 1 fully saturated rings. The highest BCUT2D eigenvalue weighted by atomic mass is 16.5. The van der Waals surface area contributed by atoms with E-state index in [4.69, 9.17) is 9.84 Å². The van der Waals surface area contributed by atoms with Gasteiger partial charge in [0.1, 0.15) is 6.54 Å². The topological polar surface area (TPSA) is 83.9 Å². The molecule has 1 saturated carbocycles. The molecule has 1 aliphatic rings. The average molecular weight is 271 g/mol. The Balaban J connectivity index is 2.68. The van der Waals surface area contributed by atoms with Gasteiger partial charge in [0.2, 0.25) is 5.91 Å². The van der Waals surface area contributed by atoms with Crippen molar-refractivity contribution in [1.29, 1.82) is 0 Å². The van der Waals surface area contributed by atoms with Gasteiger partial charge in [0.25, 0.3) is 0 Å². The molecule has 19 heavy (non-hydrogen) atoms. The zero-order valence-electron chi connectivity index (χ0n) is 11.6. The fraction of sp³-hybridized carbons (Fsp3) is 0.769. The molecule has 0 aromatic heterocycles. The predicted molar refractivity (Wildman–Crippen MR) is 67.3 cm³/mol. The molecule has 108 valence electrons. The predicted octanol–water partition coefficient (Wildman–Crippen LogP) is 0.897. The van der Waals surface area contributed by atoms with Crippen molar-refractivity contribution in [2.75, 3.05) is 13.2 Å². The fourth-order valence-electron chi connectivity index (χ4n) is 1.81. The summed E-state index contributed by atoms with van der Waals surface area (Å²) in [5.74, 6) is -3.15. The Bertz CT molecular complexity index is 364. The number of carboxylic acid groups (broad SMARTS) is 1. The molecular weight excluding hydrogens is 250 g/mol. The number of nitrogens with zero attached hydrogens (tertiary/aromatic N) is 1. The summed E-state index contributed by atoms with van der Waals surface area (Å²) >= 11 is 0. The standard InChI is InChI=1S/C13H21NO5/c1-4-19-11(15)7-14(10-5-6-10)12(16)8(2)9(3)13(17)18/h8-10H,4-7H2,1-3H3,(H,17,18). The summed E-state index contributed by atoms with van der Waals surface area (Å²) in [6.07, 6.45) is 1.72. The summed E-state index contributed by atoms with van der Waals surface area (Å²) in [5.41, 5.74) is 0. The second kappa shape index (κ2) is 6.54. The maximum atomic E-state index is 12.3. The molecule has 0 aliphatic heterocycles. The summed E-state index contributed by atoms with van der Waals surface area (Å²) in [5, 5.41) is 8.94. The number of hydrogen-bond donors (Lipinski definition) is 1. The number of rotatable bonds is 7. The number of esters is 1. The largest absolute Gasteiger partial charge is 0.481 e. The number of aliphatic carboxylic acids is 1. The Morgan fingerprint density at radius 1 is 1.26 bits per heavy atom. The Hall–Kier alpha value is -1.59. The van der Waals surface area contributed by atoms with Gasteiger partial charge in [-0.1, -0.05) is 13.8 Å². The fourth-order valence-corrected chi connectivity index (χ4v) is 1.81. The molecule has 1 rings (SSSR count). The zero-order valence-corrected chi connectivity index (χ0v) is 11.6. The van der Waals surface area contributed by atoms with Gasteiger partial charge in [0, 0.05) is 12.0 Å². The van der Waals surface area contributed by atoms with Crippen molar-refractivity contribution in [2.45, 2.75) is 39.7 Å². The van der Waals surface area contributed by atoms with Crippen LogP contribution in [0.15, 0.2) is 0 Å². The van der Waals surface area contributed by atoms with Gasteiger partial charge in [-0.2, -0.15) is 0 Å². The number of carbonyl (C=O) groups excluding carboxylic acids is 2. The number of amides is 1. The number of carboxylic acids is 1. The lowest BCUT2D eigenvalue weighted by atomic mass is 9.94. The maximum Gasteiger partial charge on any atom is 0.325 e. The molecule has 0 aromatic carbocycles. The molecule has 6 heteroatoms. The van der Waals surface area contributed by atoms with Crippen LogP contribution < -0.4 is 0 Å². The average Bonchev–Trinajstić information content (AvgIpc) is 3.17. The minimum atomic E-state index is -1.01. The lowest BCUT2D eigenvalue weighted by molar-refractivity contribution is -0.153. The highest BCUT2D eigenvalue weighted by molar-refractivity contribution is 5.87. The first kappa shape index (κ1) is 15.5. The third-order valence-corrected chi connectivity index (χ3v) is 3.40. The van der Waals surface area contributed by atoms with E-state index < -0.39 is 23.8 Å². The third-order valence-electron chi connectivity index (χ3n) is 3.40. The minimum absolute atomic E-state index is 0.0559. The van der Waals surface area contributed by atoms with E-state index in [0.29, 0.717) is 0 Å². The molecule has 0 aromatic rings. The SMILES string of the molecule is CCOC(=O)CN(C(=O)C(C)C(C)C(=O)O)C1CC1. The molecular formula is C13H21NO5. The van der Waals surface area contributed by atoms with Gasteiger partial charge in [-0.15, -0.1) is 0 Å². The third kappa shape index (κ3) is 4.22. The van der Waals surface area contributed by atoms with E-state index in [2.05, 4.69) is 0 Å². The maximum absolute atomic E-state index is 12.3. The first-order chi connectivity index (χ1) is 8.88. The van der Waals surface area contributed by atoms with E-state index in [1.165, 1.54) is 11.8 Å². The highest BCUT2D eigenvalue weighted by Gasteiger charge is 2.38. The van der Waals surface area contributed by atoms with Crippen molar-refractivity contribution < 1.29 is 24.2 Å². The Kier molecular flexibility index (Phi) is 5.32. The van der Waals surface area contributed by atoms with Crippen LogP contribution in [0.5, 0.6) is 0 Å². The van der Waals surface area contributed by atoms with E-state index in [1.54, 1.807) is 13.8 Å². The smallest absolute Gasteiger partial charge is 0.325 e. The molecule has 0 bridgehead atoms. The van der Waals surface area contributed by atoms with Crippen molar-refractivity contribution in [2.24, 2.45) is 11.8 Å². The molecule has 0 heterocycles. The zero-order chi connectivity index (χ0) is 14.6. The van der Waals surface area contributed by atoms with Gasteiger partial charge >= 0.3 is 11.9 Å². The van der Waals surface area contributed by atoms with Crippen LogP contribution in [0.2, 0.25) is 0 Å². The van der Waals surface area contributed by atoms with Crippen LogP contribution in [0.4, 0.5) is 0 Å². The van der Waals surface area contributed by atoms with E-state index in [1.807, 2.05) is 0 Å². The molecule has 1 amide bonds. The molecule has 0 spiro atoms. The van der Waals surface area contributed by atoms with Crippen LogP contribution in [-0.4, -0.2) is 47.0 Å². The quantitative estimate of drug-likeness (QED) is 0.695. The van der Waals surface area contributed by atoms with Crippen molar-refractivity contribution in [3.63, 3.8) is 0 Å². The molecule has 0 radical (unpaired) electrons. The number of ether oxygens (including phenoxy) is 1. The van der Waals surface area contributed by atoms with Crippen LogP contribution in [0.25, 0.3) is 0 Å². The Morgan fingerprint density at radius 2 is 1.84 bits per heavy atom. The molecule has 2 unspecified atom stereocenters. The van der Waals surface area contributed by atoms with Crippen LogP contribution in [-0.2, 0) is 19.1 Å². The van der Waals surface area contributed by atoms with E-state index in [-0.39, 0.29) is 25.1 Å². The van der Waals surface area contributed by atoms with Crippen LogP contribution in [0.1, 0.15) is 33.6 Å². The first-order valence-electron chi connectivity index (χ1n) is 6.57. The lowest BCUT2D eigenvalue weighted by Crippen LogP contribution is -2.43. The van der Waals surface area contributed by atoms with Crippen molar-refractivity contribution in [1.82, 2.24) is 4.90 Å². The summed E-state index contributed by atoms with van der Waals surface area (Å²) < 4.78 is 4.84. The molecule has 6 nitrogen and oxygen atoms in total. The number of carbonyl (C=O) groups is 3. The van der Waals surface area contributed by atoms with Gasteiger partial charge in [-0.3, -0.25) is 14.4 Å². The molecule has 1 N–H and O–H groups in total. The monoisotopic (exact) mass is 271 g/mol. The van der Waals surface area contributed by atoms with Gasteiger partial charge in [-0.25, -0.2) is 0 Å². The summed E-state index contributed by atoms with van der Waals surface area (Å²) in [6.45, 7) is 4.97. The minimum Gasteiger partial charge on any atom is -0.481 e. The van der Waals surface area contributed by atoms with Crippen molar-refractivity contribution >= 4 is 17.8 Å². The number of hydrogen-bond acceptors (Lipinski definition) is 4. The first-order valence-corrected chi connectivity index (χ1v) is 6.57. The second-order valence-corrected chi connectivity index (χ2v) is 4.92. The van der Waals surface area contributed by atoms with Gasteiger partial charge in [0.05, 0.1) is 12.5 Å². The van der Waals surface area contributed by atoms with Gasteiger partial charge in [0.15, 0.2) is 0 Å². The summed E-state index contributed by atoms with van der Waals surface area (Å²) in [7, 11) is 0. The summed E-state index contributed by atoms with van der Waals surface area (Å²) in [6, 6.07) is 0.0559. The molecule has 2 atom stereocenters. The van der Waals surface area contributed by atoms with Crippen molar-refractivity contribution in [3.05, 3.63) is 0 Å². The van der Waals surface area contributed by atoms with Crippen LogP contribution in [0, 0.1) is 11.8 Å². The Morgan fingerprint density at radius 3 is 2.26 bits per heavy atom. The molecule has 1 aliphatic carbocycles. The summed E-state index contributed by atoms with van der Waals surface area (Å²) in [4.78, 5) is 36.1. The van der Waals surface area contributed by atoms with Crippen LogP contribution >= 0.6 is 0 Å². The van der Waals surface area contributed by atoms with Crippen LogP contribution in [0.3, 0.4) is 0 Å². The highest BCUT2D eigenvalue weighted by Crippen LogP contribution is 2.29. The van der Waals surface area contributed by atoms with E-state index in [9.17, 15) is 14.4 Å².